The number of fused-ring (bicyclic) bond motifs is 1. The molecular formula is C22H21NO5. The van der Waals surface area contributed by atoms with Crippen molar-refractivity contribution >= 4 is 22.8 Å². The summed E-state index contributed by atoms with van der Waals surface area (Å²) in [6, 6.07) is 19.6. The minimum atomic E-state index is -1.02. The average Bonchev–Trinajstić information content (AvgIpc) is 2.71. The standard InChI is InChI=1S/C22H21NO5/c1-27-20-12-11-17(16-9-5-6-10-18(16)20)19(13-21(24)25)23-22(26)28-14-15-7-3-2-4-8-15/h2-12,19H,13-14H2,1H3,(H,23,26)(H,24,25)/t19-/m0/s1. The fourth-order valence-electron chi connectivity index (χ4n) is 3.10. The zero-order chi connectivity index (χ0) is 19.9. The van der Waals surface area contributed by atoms with E-state index < -0.39 is 18.1 Å². The van der Waals surface area contributed by atoms with Gasteiger partial charge in [0, 0.05) is 5.39 Å². The van der Waals surface area contributed by atoms with Crippen LogP contribution in [0.2, 0.25) is 0 Å². The predicted octanol–water partition coefficient (Wildman–Crippen LogP) is 4.29. The Morgan fingerprint density at radius 2 is 1.64 bits per heavy atom. The van der Waals surface area contributed by atoms with Gasteiger partial charge in [-0.2, -0.15) is 0 Å². The number of rotatable bonds is 7. The number of ether oxygens (including phenoxy) is 2. The summed E-state index contributed by atoms with van der Waals surface area (Å²) in [6.45, 7) is 0.107. The lowest BCUT2D eigenvalue weighted by atomic mass is 9.96. The molecule has 0 fully saturated rings. The molecule has 0 aliphatic heterocycles. The summed E-state index contributed by atoms with van der Waals surface area (Å²) in [6.07, 6.45) is -0.938. The van der Waals surface area contributed by atoms with Gasteiger partial charge in [0.2, 0.25) is 0 Å². The Labute approximate surface area is 162 Å². The number of amides is 1. The summed E-state index contributed by atoms with van der Waals surface area (Å²) in [5, 5.41) is 13.7. The maximum absolute atomic E-state index is 12.3. The van der Waals surface area contributed by atoms with Crippen molar-refractivity contribution in [3.63, 3.8) is 0 Å². The number of hydrogen-bond donors (Lipinski definition) is 2. The van der Waals surface area contributed by atoms with E-state index in [1.54, 1.807) is 19.2 Å². The summed E-state index contributed by atoms with van der Waals surface area (Å²) < 4.78 is 10.6. The first kappa shape index (κ1) is 19.2. The van der Waals surface area contributed by atoms with Crippen LogP contribution in [0.3, 0.4) is 0 Å². The highest BCUT2D eigenvalue weighted by molar-refractivity contribution is 5.92. The number of carbonyl (C=O) groups excluding carboxylic acids is 1. The number of hydrogen-bond acceptors (Lipinski definition) is 4. The van der Waals surface area contributed by atoms with Crippen molar-refractivity contribution in [3.05, 3.63) is 77.9 Å². The third kappa shape index (κ3) is 4.59. The molecule has 0 radical (unpaired) electrons. The third-order valence-electron chi connectivity index (χ3n) is 4.40. The molecule has 0 saturated heterocycles. The molecular weight excluding hydrogens is 358 g/mol. The lowest BCUT2D eigenvalue weighted by Gasteiger charge is -2.20. The van der Waals surface area contributed by atoms with Crippen molar-refractivity contribution in [1.29, 1.82) is 0 Å². The molecule has 28 heavy (non-hydrogen) atoms. The minimum Gasteiger partial charge on any atom is -0.496 e. The quantitative estimate of drug-likeness (QED) is 0.640. The van der Waals surface area contributed by atoms with Gasteiger partial charge < -0.3 is 19.9 Å². The van der Waals surface area contributed by atoms with E-state index >= 15 is 0 Å². The molecule has 0 unspecified atom stereocenters. The summed E-state index contributed by atoms with van der Waals surface area (Å²) in [7, 11) is 1.58. The fraction of sp³-hybridized carbons (Fsp3) is 0.182. The van der Waals surface area contributed by atoms with Gasteiger partial charge >= 0.3 is 12.1 Å². The first-order valence-electron chi connectivity index (χ1n) is 8.83. The van der Waals surface area contributed by atoms with Crippen LogP contribution in [-0.2, 0) is 16.1 Å². The summed E-state index contributed by atoms with van der Waals surface area (Å²) >= 11 is 0. The lowest BCUT2D eigenvalue weighted by Crippen LogP contribution is -2.30. The molecule has 144 valence electrons. The van der Waals surface area contributed by atoms with Crippen LogP contribution in [0.4, 0.5) is 4.79 Å². The third-order valence-corrected chi connectivity index (χ3v) is 4.40. The molecule has 0 aliphatic carbocycles. The van der Waals surface area contributed by atoms with E-state index in [2.05, 4.69) is 5.32 Å². The lowest BCUT2D eigenvalue weighted by molar-refractivity contribution is -0.137. The molecule has 1 amide bonds. The van der Waals surface area contributed by atoms with Crippen LogP contribution in [0.5, 0.6) is 5.75 Å². The second-order valence-electron chi connectivity index (χ2n) is 6.26. The molecule has 3 aromatic carbocycles. The number of methoxy groups -OCH3 is 1. The van der Waals surface area contributed by atoms with E-state index in [0.717, 1.165) is 16.3 Å². The van der Waals surface area contributed by atoms with E-state index in [4.69, 9.17) is 9.47 Å². The second kappa shape index (κ2) is 8.90. The molecule has 3 aromatic rings. The van der Waals surface area contributed by atoms with Gasteiger partial charge in [-0.05, 0) is 22.6 Å². The van der Waals surface area contributed by atoms with Crippen LogP contribution in [-0.4, -0.2) is 24.3 Å². The molecule has 0 spiro atoms. The first-order valence-corrected chi connectivity index (χ1v) is 8.83. The van der Waals surface area contributed by atoms with Crippen LogP contribution in [0.25, 0.3) is 10.8 Å². The Hall–Kier alpha value is -3.54. The highest BCUT2D eigenvalue weighted by atomic mass is 16.5. The Kier molecular flexibility index (Phi) is 6.11. The first-order chi connectivity index (χ1) is 13.6. The summed E-state index contributed by atoms with van der Waals surface area (Å²) in [4.78, 5) is 23.7. The van der Waals surface area contributed by atoms with E-state index in [0.29, 0.717) is 11.3 Å². The molecule has 2 N–H and O–H groups in total. The number of nitrogens with one attached hydrogen (secondary N) is 1. The highest BCUT2D eigenvalue weighted by Gasteiger charge is 2.22. The van der Waals surface area contributed by atoms with Crippen LogP contribution in [0.15, 0.2) is 66.7 Å². The van der Waals surface area contributed by atoms with E-state index in [-0.39, 0.29) is 13.0 Å². The largest absolute Gasteiger partial charge is 0.496 e. The predicted molar refractivity (Wildman–Crippen MR) is 105 cm³/mol. The second-order valence-corrected chi connectivity index (χ2v) is 6.26. The summed E-state index contributed by atoms with van der Waals surface area (Å²) in [5.74, 6) is -0.340. The normalized spacial score (nSPS) is 11.6. The average molecular weight is 379 g/mol. The van der Waals surface area contributed by atoms with Crippen molar-refractivity contribution in [1.82, 2.24) is 5.32 Å². The maximum atomic E-state index is 12.3. The number of aliphatic carboxylic acids is 1. The molecule has 6 heteroatoms. The van der Waals surface area contributed by atoms with Crippen molar-refractivity contribution in [3.8, 4) is 5.75 Å². The number of carboxylic acids is 1. The summed E-state index contributed by atoms with van der Waals surface area (Å²) in [5.41, 5.74) is 1.54. The van der Waals surface area contributed by atoms with Crippen molar-refractivity contribution in [2.45, 2.75) is 19.1 Å². The van der Waals surface area contributed by atoms with Crippen LogP contribution >= 0.6 is 0 Å². The van der Waals surface area contributed by atoms with Gasteiger partial charge in [-0.3, -0.25) is 4.79 Å². The number of carboxylic acid groups (broad SMARTS) is 1. The van der Waals surface area contributed by atoms with Gasteiger partial charge in [0.25, 0.3) is 0 Å². The zero-order valence-electron chi connectivity index (χ0n) is 15.4. The molecule has 0 saturated carbocycles. The van der Waals surface area contributed by atoms with Crippen LogP contribution in [0, 0.1) is 0 Å². The Balaban J connectivity index is 1.83. The van der Waals surface area contributed by atoms with Gasteiger partial charge in [-0.15, -0.1) is 0 Å². The molecule has 1 atom stereocenters. The van der Waals surface area contributed by atoms with Crippen molar-refractivity contribution < 1.29 is 24.2 Å². The number of carbonyl (C=O) groups is 2. The Bertz CT molecular complexity index is 971. The van der Waals surface area contributed by atoms with Gasteiger partial charge in [0.15, 0.2) is 0 Å². The van der Waals surface area contributed by atoms with Gasteiger partial charge in [0.05, 0.1) is 19.6 Å². The maximum Gasteiger partial charge on any atom is 0.407 e. The smallest absolute Gasteiger partial charge is 0.407 e. The van der Waals surface area contributed by atoms with E-state index in [9.17, 15) is 14.7 Å². The molecule has 0 bridgehead atoms. The number of benzene rings is 3. The van der Waals surface area contributed by atoms with E-state index in [1.807, 2.05) is 54.6 Å². The molecule has 6 nitrogen and oxygen atoms in total. The molecule has 0 aliphatic rings. The van der Waals surface area contributed by atoms with Crippen LogP contribution < -0.4 is 10.1 Å². The monoisotopic (exact) mass is 379 g/mol. The Morgan fingerprint density at radius 1 is 0.964 bits per heavy atom. The van der Waals surface area contributed by atoms with Gasteiger partial charge in [-0.25, -0.2) is 4.79 Å². The zero-order valence-corrected chi connectivity index (χ0v) is 15.4. The van der Waals surface area contributed by atoms with Gasteiger partial charge in [-0.1, -0.05) is 60.7 Å². The molecule has 0 heterocycles. The van der Waals surface area contributed by atoms with Crippen molar-refractivity contribution in [2.75, 3.05) is 7.11 Å². The van der Waals surface area contributed by atoms with Gasteiger partial charge in [0.1, 0.15) is 12.4 Å². The molecule has 3 rings (SSSR count). The highest BCUT2D eigenvalue weighted by Crippen LogP contribution is 2.32. The SMILES string of the molecule is COc1ccc([C@H](CC(=O)O)NC(=O)OCc2ccccc2)c2ccccc12. The topological polar surface area (TPSA) is 84.9 Å². The van der Waals surface area contributed by atoms with Crippen LogP contribution in [0.1, 0.15) is 23.6 Å². The fourth-order valence-corrected chi connectivity index (χ4v) is 3.10. The molecule has 0 aromatic heterocycles. The minimum absolute atomic E-state index is 0.107. The number of alkyl carbamates (subject to hydrolysis) is 1. The van der Waals surface area contributed by atoms with Crippen molar-refractivity contribution in [2.24, 2.45) is 0 Å². The van der Waals surface area contributed by atoms with E-state index in [1.165, 1.54) is 0 Å². The Morgan fingerprint density at radius 3 is 2.32 bits per heavy atom.